The van der Waals surface area contributed by atoms with Gasteiger partial charge in [-0.3, -0.25) is 0 Å². The Morgan fingerprint density at radius 3 is 2.40 bits per heavy atom. The molecule has 0 amide bonds. The van der Waals surface area contributed by atoms with Gasteiger partial charge >= 0.3 is 0 Å². The van der Waals surface area contributed by atoms with E-state index in [9.17, 15) is 4.39 Å². The van der Waals surface area contributed by atoms with Gasteiger partial charge in [0.25, 0.3) is 0 Å². The fraction of sp³-hybridized carbons (Fsp3) is 0.0909. The zero-order chi connectivity index (χ0) is 17.6. The van der Waals surface area contributed by atoms with Crippen molar-refractivity contribution < 1.29 is 9.13 Å². The molecule has 25 heavy (non-hydrogen) atoms. The van der Waals surface area contributed by atoms with Crippen molar-refractivity contribution in [3.63, 3.8) is 0 Å². The molecule has 0 unspecified atom stereocenters. The molecule has 0 fully saturated rings. The number of methoxy groups -OCH3 is 1. The third-order valence-electron chi connectivity index (χ3n) is 4.08. The zero-order valence-electron chi connectivity index (χ0n) is 14.1. The van der Waals surface area contributed by atoms with Crippen LogP contribution in [0.3, 0.4) is 0 Å². The summed E-state index contributed by atoms with van der Waals surface area (Å²) < 4.78 is 19.5. The Balaban J connectivity index is 1.93. The first-order valence-electron chi connectivity index (χ1n) is 8.09. The molecule has 3 rings (SSSR count). The number of nitrogens with one attached hydrogen (secondary N) is 1. The number of benzene rings is 3. The first kappa shape index (κ1) is 16.8. The van der Waals surface area contributed by atoms with E-state index in [0.717, 1.165) is 11.3 Å². The van der Waals surface area contributed by atoms with E-state index in [1.165, 1.54) is 11.6 Å². The minimum Gasteiger partial charge on any atom is -0.497 e. The Morgan fingerprint density at radius 2 is 1.68 bits per heavy atom. The SMILES string of the molecule is C=C(c1ccccc1F)c1cc(OC)ccc1NCc1ccccc1. The van der Waals surface area contributed by atoms with Crippen LogP contribution in [0.4, 0.5) is 10.1 Å². The second kappa shape index (κ2) is 7.67. The molecule has 126 valence electrons. The number of halogens is 1. The van der Waals surface area contributed by atoms with E-state index in [1.807, 2.05) is 36.4 Å². The molecule has 0 aliphatic rings. The lowest BCUT2D eigenvalue weighted by Gasteiger charge is -2.16. The van der Waals surface area contributed by atoms with Gasteiger partial charge in [0.15, 0.2) is 0 Å². The third kappa shape index (κ3) is 3.89. The van der Waals surface area contributed by atoms with Crippen molar-refractivity contribution in [2.24, 2.45) is 0 Å². The topological polar surface area (TPSA) is 21.3 Å². The van der Waals surface area contributed by atoms with Crippen LogP contribution in [0, 0.1) is 5.82 Å². The molecule has 3 aromatic carbocycles. The lowest BCUT2D eigenvalue weighted by Crippen LogP contribution is -2.03. The van der Waals surface area contributed by atoms with Gasteiger partial charge in [0, 0.05) is 23.4 Å². The molecule has 0 aliphatic heterocycles. The molecule has 0 aliphatic carbocycles. The van der Waals surface area contributed by atoms with Crippen molar-refractivity contribution in [1.82, 2.24) is 0 Å². The monoisotopic (exact) mass is 333 g/mol. The Hall–Kier alpha value is -3.07. The van der Waals surface area contributed by atoms with E-state index in [-0.39, 0.29) is 5.82 Å². The van der Waals surface area contributed by atoms with Crippen LogP contribution in [-0.2, 0) is 6.54 Å². The summed E-state index contributed by atoms with van der Waals surface area (Å²) in [6, 6.07) is 22.5. The van der Waals surface area contributed by atoms with Crippen LogP contribution in [-0.4, -0.2) is 7.11 Å². The molecule has 2 nitrogen and oxygen atoms in total. The van der Waals surface area contributed by atoms with Gasteiger partial charge in [0.05, 0.1) is 7.11 Å². The van der Waals surface area contributed by atoms with Crippen molar-refractivity contribution in [3.05, 3.63) is 102 Å². The van der Waals surface area contributed by atoms with Crippen LogP contribution in [0.5, 0.6) is 5.75 Å². The van der Waals surface area contributed by atoms with Crippen molar-refractivity contribution in [2.75, 3.05) is 12.4 Å². The van der Waals surface area contributed by atoms with Gasteiger partial charge in [-0.05, 0) is 35.4 Å². The smallest absolute Gasteiger partial charge is 0.131 e. The van der Waals surface area contributed by atoms with Crippen molar-refractivity contribution in [2.45, 2.75) is 6.54 Å². The Morgan fingerprint density at radius 1 is 0.960 bits per heavy atom. The summed E-state index contributed by atoms with van der Waals surface area (Å²) in [5.41, 5.74) is 3.98. The van der Waals surface area contributed by atoms with Crippen molar-refractivity contribution >= 4 is 11.3 Å². The van der Waals surface area contributed by atoms with Crippen molar-refractivity contribution in [1.29, 1.82) is 0 Å². The molecule has 0 bridgehead atoms. The highest BCUT2D eigenvalue weighted by molar-refractivity contribution is 5.85. The minimum atomic E-state index is -0.288. The van der Waals surface area contributed by atoms with Gasteiger partial charge in [-0.15, -0.1) is 0 Å². The summed E-state index contributed by atoms with van der Waals surface area (Å²) in [5, 5.41) is 3.41. The first-order valence-corrected chi connectivity index (χ1v) is 8.09. The zero-order valence-corrected chi connectivity index (χ0v) is 14.1. The highest BCUT2D eigenvalue weighted by Crippen LogP contribution is 2.32. The quantitative estimate of drug-likeness (QED) is 0.642. The van der Waals surface area contributed by atoms with Crippen LogP contribution in [0.1, 0.15) is 16.7 Å². The molecular weight excluding hydrogens is 313 g/mol. The Labute approximate surface area is 147 Å². The molecule has 0 aromatic heterocycles. The molecule has 1 N–H and O–H groups in total. The summed E-state index contributed by atoms with van der Waals surface area (Å²) in [6.45, 7) is 4.78. The number of ether oxygens (including phenoxy) is 1. The number of hydrogen-bond donors (Lipinski definition) is 1. The fourth-order valence-corrected chi connectivity index (χ4v) is 2.70. The molecule has 0 heterocycles. The van der Waals surface area contributed by atoms with Crippen molar-refractivity contribution in [3.8, 4) is 5.75 Å². The second-order valence-electron chi connectivity index (χ2n) is 5.71. The van der Waals surface area contributed by atoms with E-state index in [0.29, 0.717) is 23.4 Å². The highest BCUT2D eigenvalue weighted by atomic mass is 19.1. The van der Waals surface area contributed by atoms with E-state index in [2.05, 4.69) is 24.0 Å². The van der Waals surface area contributed by atoms with Gasteiger partial charge in [0.2, 0.25) is 0 Å². The summed E-state index contributed by atoms with van der Waals surface area (Å²) in [6.07, 6.45) is 0. The lowest BCUT2D eigenvalue weighted by atomic mass is 9.97. The largest absolute Gasteiger partial charge is 0.497 e. The maximum absolute atomic E-state index is 14.2. The predicted molar refractivity (Wildman–Crippen MR) is 101 cm³/mol. The number of anilines is 1. The number of rotatable bonds is 6. The van der Waals surface area contributed by atoms with Crippen LogP contribution in [0.25, 0.3) is 5.57 Å². The molecule has 0 spiro atoms. The van der Waals surface area contributed by atoms with Gasteiger partial charge in [-0.1, -0.05) is 55.1 Å². The molecule has 0 saturated carbocycles. The Bertz CT molecular complexity index is 874. The molecule has 3 aromatic rings. The van der Waals surface area contributed by atoms with E-state index >= 15 is 0 Å². The van der Waals surface area contributed by atoms with Crippen LogP contribution in [0.2, 0.25) is 0 Å². The van der Waals surface area contributed by atoms with Crippen LogP contribution >= 0.6 is 0 Å². The molecular formula is C22H20FNO. The molecule has 0 atom stereocenters. The molecule has 0 radical (unpaired) electrons. The van der Waals surface area contributed by atoms with E-state index < -0.39 is 0 Å². The summed E-state index contributed by atoms with van der Waals surface area (Å²) in [5.74, 6) is 0.419. The van der Waals surface area contributed by atoms with Gasteiger partial charge in [-0.2, -0.15) is 0 Å². The maximum Gasteiger partial charge on any atom is 0.131 e. The third-order valence-corrected chi connectivity index (χ3v) is 4.08. The average molecular weight is 333 g/mol. The van der Waals surface area contributed by atoms with E-state index in [4.69, 9.17) is 4.74 Å². The fourth-order valence-electron chi connectivity index (χ4n) is 2.70. The van der Waals surface area contributed by atoms with E-state index in [1.54, 1.807) is 25.3 Å². The summed E-state index contributed by atoms with van der Waals surface area (Å²) in [7, 11) is 1.61. The summed E-state index contributed by atoms with van der Waals surface area (Å²) >= 11 is 0. The van der Waals surface area contributed by atoms with Gasteiger partial charge in [0.1, 0.15) is 11.6 Å². The first-order chi connectivity index (χ1) is 12.2. The standard InChI is InChI=1S/C22H20FNO/c1-16(19-10-6-7-11-21(19)23)20-14-18(25-2)12-13-22(20)24-15-17-8-4-3-5-9-17/h3-14,24H,1,15H2,2H3. The molecule has 0 saturated heterocycles. The van der Waals surface area contributed by atoms with Crippen LogP contribution < -0.4 is 10.1 Å². The van der Waals surface area contributed by atoms with Gasteiger partial charge < -0.3 is 10.1 Å². The van der Waals surface area contributed by atoms with Crippen LogP contribution in [0.15, 0.2) is 79.4 Å². The predicted octanol–water partition coefficient (Wildman–Crippen LogP) is 5.51. The minimum absolute atomic E-state index is 0.288. The normalized spacial score (nSPS) is 10.3. The summed E-state index contributed by atoms with van der Waals surface area (Å²) in [4.78, 5) is 0. The lowest BCUT2D eigenvalue weighted by molar-refractivity contribution is 0.414. The van der Waals surface area contributed by atoms with Gasteiger partial charge in [-0.25, -0.2) is 4.39 Å². The number of hydrogen-bond acceptors (Lipinski definition) is 2. The maximum atomic E-state index is 14.2. The highest BCUT2D eigenvalue weighted by Gasteiger charge is 2.13. The second-order valence-corrected chi connectivity index (χ2v) is 5.71. The molecule has 3 heteroatoms. The average Bonchev–Trinajstić information content (AvgIpc) is 2.67. The Kier molecular flexibility index (Phi) is 5.14.